The normalized spacial score (nSPS) is 18.6. The van der Waals surface area contributed by atoms with Gasteiger partial charge in [-0.25, -0.2) is 0 Å². The summed E-state index contributed by atoms with van der Waals surface area (Å²) in [6, 6.07) is 5.37. The molecule has 1 atom stereocenters. The first-order valence-corrected chi connectivity index (χ1v) is 6.21. The van der Waals surface area contributed by atoms with Gasteiger partial charge in [-0.15, -0.1) is 0 Å². The van der Waals surface area contributed by atoms with E-state index in [0.717, 1.165) is 16.7 Å². The van der Waals surface area contributed by atoms with Crippen LogP contribution < -0.4 is 0 Å². The highest BCUT2D eigenvalue weighted by molar-refractivity contribution is 5.76. The maximum Gasteiger partial charge on any atom is 0.325 e. The van der Waals surface area contributed by atoms with Crippen LogP contribution in [0.3, 0.4) is 0 Å². The molecule has 1 aliphatic heterocycles. The zero-order valence-electron chi connectivity index (χ0n) is 10.8. The standard InChI is InChI=1S/C14H19NO3/c1-10-3-4-12(11(2)9-10)13(14(16)17)15-5-7-18-8-6-15/h3-4,9,13H,5-8H2,1-2H3,(H,16,17). The minimum atomic E-state index is -0.788. The van der Waals surface area contributed by atoms with E-state index < -0.39 is 12.0 Å². The van der Waals surface area contributed by atoms with Gasteiger partial charge in [0, 0.05) is 13.1 Å². The number of morpholine rings is 1. The molecule has 0 aliphatic carbocycles. The van der Waals surface area contributed by atoms with Crippen LogP contribution in [0.25, 0.3) is 0 Å². The third kappa shape index (κ3) is 2.71. The van der Waals surface area contributed by atoms with Crippen molar-refractivity contribution in [3.63, 3.8) is 0 Å². The Balaban J connectivity index is 2.31. The van der Waals surface area contributed by atoms with E-state index in [-0.39, 0.29) is 0 Å². The first-order chi connectivity index (χ1) is 8.59. The summed E-state index contributed by atoms with van der Waals surface area (Å²) < 4.78 is 5.28. The molecule has 98 valence electrons. The van der Waals surface area contributed by atoms with Gasteiger partial charge in [0.1, 0.15) is 6.04 Å². The maximum absolute atomic E-state index is 11.6. The Bertz CT molecular complexity index is 439. The number of hydrogen-bond donors (Lipinski definition) is 1. The van der Waals surface area contributed by atoms with E-state index in [2.05, 4.69) is 0 Å². The molecule has 1 N–H and O–H groups in total. The van der Waals surface area contributed by atoms with E-state index in [4.69, 9.17) is 4.74 Å². The summed E-state index contributed by atoms with van der Waals surface area (Å²) in [4.78, 5) is 13.5. The summed E-state index contributed by atoms with van der Waals surface area (Å²) in [5.74, 6) is -0.788. The van der Waals surface area contributed by atoms with Crippen LogP contribution in [0.15, 0.2) is 18.2 Å². The molecule has 1 saturated heterocycles. The highest BCUT2D eigenvalue weighted by Gasteiger charge is 2.29. The Hall–Kier alpha value is -1.39. The van der Waals surface area contributed by atoms with Crippen LogP contribution in [-0.4, -0.2) is 42.3 Å². The van der Waals surface area contributed by atoms with Crippen molar-refractivity contribution in [2.24, 2.45) is 0 Å². The fraction of sp³-hybridized carbons (Fsp3) is 0.500. The molecule has 0 saturated carbocycles. The van der Waals surface area contributed by atoms with Crippen molar-refractivity contribution < 1.29 is 14.6 Å². The third-order valence-corrected chi connectivity index (χ3v) is 3.36. The number of carboxylic acid groups (broad SMARTS) is 1. The number of nitrogens with zero attached hydrogens (tertiary/aromatic N) is 1. The topological polar surface area (TPSA) is 49.8 Å². The smallest absolute Gasteiger partial charge is 0.325 e. The number of hydrogen-bond acceptors (Lipinski definition) is 3. The molecule has 2 rings (SSSR count). The highest BCUT2D eigenvalue weighted by Crippen LogP contribution is 2.25. The zero-order chi connectivity index (χ0) is 13.1. The molecule has 18 heavy (non-hydrogen) atoms. The Kier molecular flexibility index (Phi) is 3.99. The Morgan fingerprint density at radius 1 is 1.33 bits per heavy atom. The summed E-state index contributed by atoms with van der Waals surface area (Å²) in [6.07, 6.45) is 0. The van der Waals surface area contributed by atoms with Crippen molar-refractivity contribution in [3.05, 3.63) is 34.9 Å². The Morgan fingerprint density at radius 2 is 2.00 bits per heavy atom. The third-order valence-electron chi connectivity index (χ3n) is 3.36. The molecule has 0 spiro atoms. The average Bonchev–Trinajstić information content (AvgIpc) is 2.33. The molecule has 4 heteroatoms. The summed E-state index contributed by atoms with van der Waals surface area (Å²) in [5, 5.41) is 9.49. The number of aliphatic carboxylic acids is 1. The quantitative estimate of drug-likeness (QED) is 0.887. The summed E-state index contributed by atoms with van der Waals surface area (Å²) in [7, 11) is 0. The van der Waals surface area contributed by atoms with E-state index >= 15 is 0 Å². The lowest BCUT2D eigenvalue weighted by molar-refractivity contribution is -0.145. The van der Waals surface area contributed by atoms with Gasteiger partial charge < -0.3 is 9.84 Å². The predicted octanol–water partition coefficient (Wildman–Crippen LogP) is 1.76. The molecule has 0 bridgehead atoms. The van der Waals surface area contributed by atoms with Gasteiger partial charge in [-0.3, -0.25) is 9.69 Å². The molecular formula is C14H19NO3. The van der Waals surface area contributed by atoms with Gasteiger partial charge in [0.15, 0.2) is 0 Å². The lowest BCUT2D eigenvalue weighted by Gasteiger charge is -2.32. The molecular weight excluding hydrogens is 230 g/mol. The summed E-state index contributed by atoms with van der Waals surface area (Å²) in [6.45, 7) is 6.54. The first-order valence-electron chi connectivity index (χ1n) is 6.21. The molecule has 1 unspecified atom stereocenters. The number of rotatable bonds is 3. The number of ether oxygens (including phenoxy) is 1. The number of carboxylic acids is 1. The first kappa shape index (κ1) is 13.1. The molecule has 0 amide bonds. The fourth-order valence-corrected chi connectivity index (χ4v) is 2.45. The van der Waals surface area contributed by atoms with Gasteiger partial charge in [-0.2, -0.15) is 0 Å². The second kappa shape index (κ2) is 5.50. The number of carbonyl (C=O) groups is 1. The van der Waals surface area contributed by atoms with Crippen LogP contribution in [0, 0.1) is 13.8 Å². The van der Waals surface area contributed by atoms with Crippen LogP contribution in [0.1, 0.15) is 22.7 Å². The monoisotopic (exact) mass is 249 g/mol. The molecule has 0 aromatic heterocycles. The number of benzene rings is 1. The van der Waals surface area contributed by atoms with Gasteiger partial charge >= 0.3 is 5.97 Å². The SMILES string of the molecule is Cc1ccc(C(C(=O)O)N2CCOCC2)c(C)c1. The van der Waals surface area contributed by atoms with Gasteiger partial charge in [0.25, 0.3) is 0 Å². The van der Waals surface area contributed by atoms with Crippen molar-refractivity contribution >= 4 is 5.97 Å². The van der Waals surface area contributed by atoms with Gasteiger partial charge in [-0.05, 0) is 25.0 Å². The highest BCUT2D eigenvalue weighted by atomic mass is 16.5. The van der Waals surface area contributed by atoms with Crippen molar-refractivity contribution in [2.45, 2.75) is 19.9 Å². The van der Waals surface area contributed by atoms with Crippen molar-refractivity contribution in [1.29, 1.82) is 0 Å². The van der Waals surface area contributed by atoms with Gasteiger partial charge in [-0.1, -0.05) is 23.8 Å². The van der Waals surface area contributed by atoms with Crippen LogP contribution in [0.4, 0.5) is 0 Å². The lowest BCUT2D eigenvalue weighted by atomic mass is 9.98. The van der Waals surface area contributed by atoms with E-state index in [1.54, 1.807) is 0 Å². The predicted molar refractivity (Wildman–Crippen MR) is 68.7 cm³/mol. The second-order valence-electron chi connectivity index (χ2n) is 4.75. The van der Waals surface area contributed by atoms with Gasteiger partial charge in [0.2, 0.25) is 0 Å². The molecule has 0 radical (unpaired) electrons. The average molecular weight is 249 g/mol. The lowest BCUT2D eigenvalue weighted by Crippen LogP contribution is -2.42. The summed E-state index contributed by atoms with van der Waals surface area (Å²) in [5.41, 5.74) is 3.08. The van der Waals surface area contributed by atoms with E-state index in [1.165, 1.54) is 0 Å². The minimum absolute atomic E-state index is 0.561. The molecule has 1 fully saturated rings. The molecule has 1 aliphatic rings. The van der Waals surface area contributed by atoms with E-state index in [9.17, 15) is 9.90 Å². The van der Waals surface area contributed by atoms with Gasteiger partial charge in [0.05, 0.1) is 13.2 Å². The molecule has 1 aromatic carbocycles. The minimum Gasteiger partial charge on any atom is -0.480 e. The fourth-order valence-electron chi connectivity index (χ4n) is 2.45. The largest absolute Gasteiger partial charge is 0.480 e. The van der Waals surface area contributed by atoms with E-state index in [0.29, 0.717) is 26.3 Å². The van der Waals surface area contributed by atoms with E-state index in [1.807, 2.05) is 36.9 Å². The van der Waals surface area contributed by atoms with Crippen LogP contribution in [-0.2, 0) is 9.53 Å². The Labute approximate surface area is 107 Å². The van der Waals surface area contributed by atoms with Crippen LogP contribution in [0.2, 0.25) is 0 Å². The van der Waals surface area contributed by atoms with Crippen molar-refractivity contribution in [1.82, 2.24) is 4.90 Å². The molecule has 1 aromatic rings. The van der Waals surface area contributed by atoms with Crippen molar-refractivity contribution in [2.75, 3.05) is 26.3 Å². The molecule has 1 heterocycles. The maximum atomic E-state index is 11.6. The Morgan fingerprint density at radius 3 is 2.56 bits per heavy atom. The van der Waals surface area contributed by atoms with Crippen molar-refractivity contribution in [3.8, 4) is 0 Å². The summed E-state index contributed by atoms with van der Waals surface area (Å²) >= 11 is 0. The van der Waals surface area contributed by atoms with Crippen LogP contribution >= 0.6 is 0 Å². The second-order valence-corrected chi connectivity index (χ2v) is 4.75. The molecule has 4 nitrogen and oxygen atoms in total. The number of aryl methyl sites for hydroxylation is 2. The zero-order valence-corrected chi connectivity index (χ0v) is 10.8. The van der Waals surface area contributed by atoms with Crippen LogP contribution in [0.5, 0.6) is 0 Å².